The van der Waals surface area contributed by atoms with E-state index in [0.717, 1.165) is 0 Å². The number of carbonyl (C=O) groups excluding carboxylic acids is 2. The van der Waals surface area contributed by atoms with Crippen LogP contribution in [-0.4, -0.2) is 25.2 Å². The summed E-state index contributed by atoms with van der Waals surface area (Å²) >= 11 is 12.2. The molecule has 6 nitrogen and oxygen atoms in total. The molecule has 0 aliphatic carbocycles. The first-order valence-corrected chi connectivity index (χ1v) is 9.01. The lowest BCUT2D eigenvalue weighted by Gasteiger charge is -2.17. The van der Waals surface area contributed by atoms with Crippen molar-refractivity contribution in [2.45, 2.75) is 19.1 Å². The Hall–Kier alpha value is -1.69. The summed E-state index contributed by atoms with van der Waals surface area (Å²) in [5, 5.41) is 0.301. The first kappa shape index (κ1) is 23.3. The molecule has 0 aliphatic heterocycles. The van der Waals surface area contributed by atoms with Crippen LogP contribution in [0.5, 0.6) is 0 Å². The second-order valence-corrected chi connectivity index (χ2v) is 5.92. The maximum Gasteiger partial charge on any atom is 0.357 e. The number of benzene rings is 2. The van der Waals surface area contributed by atoms with E-state index in [1.54, 1.807) is 36.4 Å². The summed E-state index contributed by atoms with van der Waals surface area (Å²) in [5.74, 6) is -2.75. The van der Waals surface area contributed by atoms with Gasteiger partial charge in [-0.2, -0.15) is 4.89 Å². The predicted octanol–water partition coefficient (Wildman–Crippen LogP) is 4.37. The van der Waals surface area contributed by atoms with Crippen LogP contribution in [0.1, 0.15) is 28.8 Å². The summed E-state index contributed by atoms with van der Waals surface area (Å²) in [6.45, 7) is 1.54. The Labute approximate surface area is 168 Å². The molecule has 0 aromatic heterocycles. The van der Waals surface area contributed by atoms with Gasteiger partial charge in [-0.15, -0.1) is 0 Å². The zero-order valence-corrected chi connectivity index (χ0v) is 17.6. The molecule has 0 amide bonds. The number of methoxy groups -OCH3 is 1. The van der Waals surface area contributed by atoms with Gasteiger partial charge in [-0.1, -0.05) is 59.6 Å². The summed E-state index contributed by atoms with van der Waals surface area (Å²) in [6, 6.07) is 13.1. The van der Waals surface area contributed by atoms with Crippen molar-refractivity contribution in [2.75, 3.05) is 7.11 Å². The minimum absolute atomic E-state index is 0.0522. The Kier molecular flexibility index (Phi) is 10.3. The summed E-state index contributed by atoms with van der Waals surface area (Å²) in [5.41, 5.74) is 0.485. The van der Waals surface area contributed by atoms with E-state index in [0.29, 0.717) is 14.7 Å². The van der Waals surface area contributed by atoms with Crippen LogP contribution < -0.4 is 0 Å². The van der Waals surface area contributed by atoms with Crippen molar-refractivity contribution in [3.05, 3.63) is 69.7 Å². The molecule has 9 heteroatoms. The second-order valence-electron chi connectivity index (χ2n) is 5.11. The first-order valence-electron chi connectivity index (χ1n) is 7.67. The summed E-state index contributed by atoms with van der Waals surface area (Å²) in [6.07, 6.45) is -0.778. The van der Waals surface area contributed by atoms with Gasteiger partial charge in [0, 0.05) is 7.11 Å². The highest BCUT2D eigenvalue weighted by molar-refractivity contribution is 7.00. The zero-order chi connectivity index (χ0) is 20.4. The van der Waals surface area contributed by atoms with Crippen LogP contribution in [0.3, 0.4) is 0 Å². The molecule has 0 saturated carbocycles. The van der Waals surface area contributed by atoms with Crippen LogP contribution in [0.25, 0.3) is 0 Å². The average Bonchev–Trinajstić information content (AvgIpc) is 2.68. The van der Waals surface area contributed by atoms with E-state index in [1.807, 2.05) is 0 Å². The molecule has 0 fully saturated rings. The van der Waals surface area contributed by atoms with Crippen LogP contribution in [0, 0.1) is 0 Å². The van der Waals surface area contributed by atoms with Crippen molar-refractivity contribution in [1.82, 2.24) is 0 Å². The molecule has 0 N–H and O–H groups in total. The summed E-state index contributed by atoms with van der Waals surface area (Å²) in [4.78, 5) is 35.1. The van der Waals surface area contributed by atoms with Crippen molar-refractivity contribution in [3.8, 4) is 0 Å². The van der Waals surface area contributed by atoms with Gasteiger partial charge in [0.1, 0.15) is 5.92 Å². The van der Waals surface area contributed by atoms with Crippen LogP contribution in [0.15, 0.2) is 48.5 Å². The van der Waals surface area contributed by atoms with E-state index in [2.05, 4.69) is 0 Å². The van der Waals surface area contributed by atoms with Gasteiger partial charge in [0.05, 0.1) is 24.7 Å². The number of ether oxygens (including phenoxy) is 1. The molecule has 0 saturated heterocycles. The van der Waals surface area contributed by atoms with Gasteiger partial charge in [0.2, 0.25) is 0 Å². The number of ketones is 1. The fourth-order valence-corrected chi connectivity index (χ4v) is 2.70. The molecule has 3 atom stereocenters. The van der Waals surface area contributed by atoms with Gasteiger partial charge in [-0.05, 0) is 24.6 Å². The Balaban J connectivity index is 0.00000176. The lowest BCUT2D eigenvalue weighted by Crippen LogP contribution is -2.26. The third-order valence-corrected chi connectivity index (χ3v) is 4.07. The number of hydrogen-bond acceptors (Lipinski definition) is 6. The lowest BCUT2D eigenvalue weighted by atomic mass is 9.90. The highest BCUT2D eigenvalue weighted by Gasteiger charge is 2.34. The van der Waals surface area contributed by atoms with Crippen molar-refractivity contribution in [3.63, 3.8) is 0 Å². The second kappa shape index (κ2) is 11.9. The number of rotatable bonds is 7. The van der Waals surface area contributed by atoms with Gasteiger partial charge in [-0.3, -0.25) is 9.68 Å². The molecule has 146 valence electrons. The molecule has 0 bridgehead atoms. The first-order chi connectivity index (χ1) is 13.0. The standard InChI is InChI=1S/C18H16Cl2O5.H3OP/c1-11(23-2)24-25-18(22)15(12-7-4-3-5-8-12)17(21)16-13(19)9-6-10-14(16)20;1-2/h3-11,15H,1-2H3;2H3. The molecule has 0 heterocycles. The molecule has 3 unspecified atom stereocenters. The van der Waals surface area contributed by atoms with E-state index < -0.39 is 24.0 Å². The van der Waals surface area contributed by atoms with Crippen LogP contribution in [0.4, 0.5) is 0 Å². The molecule has 0 aliphatic rings. The van der Waals surface area contributed by atoms with Crippen molar-refractivity contribution < 1.29 is 28.7 Å². The van der Waals surface area contributed by atoms with E-state index in [1.165, 1.54) is 26.2 Å². The molecule has 27 heavy (non-hydrogen) atoms. The van der Waals surface area contributed by atoms with Crippen LogP contribution in [0.2, 0.25) is 10.0 Å². The third-order valence-electron chi connectivity index (χ3n) is 3.44. The monoisotopic (exact) mass is 432 g/mol. The van der Waals surface area contributed by atoms with Crippen molar-refractivity contribution in [1.29, 1.82) is 0 Å². The minimum Gasteiger partial charge on any atom is -0.352 e. The maximum absolute atomic E-state index is 13.0. The maximum atomic E-state index is 13.0. The zero-order valence-electron chi connectivity index (χ0n) is 14.7. The molecule has 2 rings (SSSR count). The Bertz CT molecular complexity index is 751. The largest absolute Gasteiger partial charge is 0.357 e. The predicted molar refractivity (Wildman–Crippen MR) is 105 cm³/mol. The molecular weight excluding hydrogens is 414 g/mol. The molecule has 2 aromatic carbocycles. The highest BCUT2D eigenvalue weighted by atomic mass is 35.5. The fourth-order valence-electron chi connectivity index (χ4n) is 2.12. The number of halogens is 2. The van der Waals surface area contributed by atoms with Crippen molar-refractivity contribution >= 4 is 44.1 Å². The molecule has 0 spiro atoms. The average molecular weight is 433 g/mol. The molecular formula is C18H19Cl2O6P. The van der Waals surface area contributed by atoms with E-state index >= 15 is 0 Å². The van der Waals surface area contributed by atoms with Gasteiger partial charge in [0.15, 0.2) is 12.1 Å². The molecule has 2 aromatic rings. The van der Waals surface area contributed by atoms with Gasteiger partial charge < -0.3 is 9.30 Å². The quantitative estimate of drug-likeness (QED) is 0.161. The summed E-state index contributed by atoms with van der Waals surface area (Å²) < 4.78 is 13.1. The smallest absolute Gasteiger partial charge is 0.352 e. The van der Waals surface area contributed by atoms with E-state index in [4.69, 9.17) is 42.3 Å². The normalized spacial score (nSPS) is 12.4. The number of carbonyl (C=O) groups is 2. The SMILES string of the molecule is COC(C)OOC(=O)C(C(=O)c1c(Cl)cccc1Cl)c1ccccc1.O=[PH3]. The molecule has 0 radical (unpaired) electrons. The van der Waals surface area contributed by atoms with Gasteiger partial charge in [0.25, 0.3) is 0 Å². The number of Topliss-reactive ketones (excluding diaryl/α,β-unsaturated/α-hetero) is 1. The van der Waals surface area contributed by atoms with Gasteiger partial charge >= 0.3 is 5.97 Å². The van der Waals surface area contributed by atoms with E-state index in [-0.39, 0.29) is 15.6 Å². The Morgan fingerprint density at radius 1 is 0.963 bits per heavy atom. The summed E-state index contributed by atoms with van der Waals surface area (Å²) in [7, 11) is 2.00. The fraction of sp³-hybridized carbons (Fsp3) is 0.222. The lowest BCUT2D eigenvalue weighted by molar-refractivity contribution is -0.342. The van der Waals surface area contributed by atoms with Gasteiger partial charge in [-0.25, -0.2) is 4.79 Å². The highest BCUT2D eigenvalue weighted by Crippen LogP contribution is 2.31. The third kappa shape index (κ3) is 6.45. The van der Waals surface area contributed by atoms with Crippen LogP contribution in [-0.2, 0) is 23.9 Å². The van der Waals surface area contributed by atoms with Crippen LogP contribution >= 0.6 is 32.3 Å². The van der Waals surface area contributed by atoms with E-state index in [9.17, 15) is 9.59 Å². The minimum atomic E-state index is -1.28. The Morgan fingerprint density at radius 3 is 2.04 bits per heavy atom. The van der Waals surface area contributed by atoms with Crippen molar-refractivity contribution in [2.24, 2.45) is 0 Å². The topological polar surface area (TPSA) is 78.9 Å². The Morgan fingerprint density at radius 2 is 1.52 bits per heavy atom. The number of hydrogen-bond donors (Lipinski definition) is 0.